The number of nitrogens with one attached hydrogen (secondary N) is 1. The lowest BCUT2D eigenvalue weighted by Crippen LogP contribution is -2.07. The first-order valence-electron chi connectivity index (χ1n) is 5.88. The number of rotatable bonds is 5. The van der Waals surface area contributed by atoms with Crippen molar-refractivity contribution in [2.24, 2.45) is 0 Å². The minimum atomic E-state index is -0.214. The van der Waals surface area contributed by atoms with Gasteiger partial charge in [0, 0.05) is 10.5 Å². The second-order valence-corrected chi connectivity index (χ2v) is 7.09. The second-order valence-electron chi connectivity index (χ2n) is 3.68. The Hall–Kier alpha value is -1.18. The molecule has 1 N–H and O–H groups in total. The summed E-state index contributed by atoms with van der Waals surface area (Å²) in [4.78, 5) is 11.8. The fourth-order valence-electron chi connectivity index (χ4n) is 1.37. The van der Waals surface area contributed by atoms with E-state index >= 15 is 0 Å². The van der Waals surface area contributed by atoms with Gasteiger partial charge in [0.25, 0.3) is 0 Å². The summed E-state index contributed by atoms with van der Waals surface area (Å²) in [6.45, 7) is 2.05. The van der Waals surface area contributed by atoms with Crippen molar-refractivity contribution in [2.45, 2.75) is 11.3 Å². The van der Waals surface area contributed by atoms with Crippen molar-refractivity contribution in [1.82, 2.24) is 10.2 Å². The van der Waals surface area contributed by atoms with Gasteiger partial charge >= 0.3 is 0 Å². The van der Waals surface area contributed by atoms with Gasteiger partial charge in [-0.1, -0.05) is 58.1 Å². The minimum absolute atomic E-state index is 0.214. The van der Waals surface area contributed by atoms with Gasteiger partial charge in [0.15, 0.2) is 4.34 Å². The number of anilines is 1. The lowest BCUT2D eigenvalue weighted by Gasteiger charge is -1.96. The first-order chi connectivity index (χ1) is 9.67. The second kappa shape index (κ2) is 7.56. The maximum atomic E-state index is 11.8. The van der Waals surface area contributed by atoms with E-state index < -0.39 is 0 Å². The SMILES string of the molecule is CCSc1nnc(NC(=O)/C=C/c2cccc(Br)c2)s1. The van der Waals surface area contributed by atoms with Crippen LogP contribution in [-0.2, 0) is 4.79 Å². The van der Waals surface area contributed by atoms with Crippen LogP contribution in [0.5, 0.6) is 0 Å². The van der Waals surface area contributed by atoms with Crippen molar-refractivity contribution in [3.05, 3.63) is 40.4 Å². The average Bonchev–Trinajstić information content (AvgIpc) is 2.84. The number of hydrogen-bond donors (Lipinski definition) is 1. The molecular weight excluding hydrogens is 358 g/mol. The maximum absolute atomic E-state index is 11.8. The molecule has 1 amide bonds. The van der Waals surface area contributed by atoms with Crippen LogP contribution in [0.1, 0.15) is 12.5 Å². The first kappa shape index (κ1) is 15.2. The van der Waals surface area contributed by atoms with Crippen molar-refractivity contribution < 1.29 is 4.79 Å². The zero-order valence-corrected chi connectivity index (χ0v) is 13.9. The third kappa shape index (κ3) is 4.73. The summed E-state index contributed by atoms with van der Waals surface area (Å²) in [5, 5.41) is 11.1. The van der Waals surface area contributed by atoms with Crippen molar-refractivity contribution in [3.8, 4) is 0 Å². The Morgan fingerprint density at radius 2 is 2.35 bits per heavy atom. The molecule has 0 aliphatic rings. The number of halogens is 1. The largest absolute Gasteiger partial charge is 0.297 e. The van der Waals surface area contributed by atoms with E-state index in [1.54, 1.807) is 17.8 Å². The molecule has 0 spiro atoms. The average molecular weight is 370 g/mol. The molecule has 0 aliphatic carbocycles. The molecule has 104 valence electrons. The van der Waals surface area contributed by atoms with Crippen LogP contribution in [-0.4, -0.2) is 21.9 Å². The predicted octanol–water partition coefficient (Wildman–Crippen LogP) is 4.06. The molecule has 1 heterocycles. The summed E-state index contributed by atoms with van der Waals surface area (Å²) in [6, 6.07) is 7.71. The fraction of sp³-hybridized carbons (Fsp3) is 0.154. The van der Waals surface area contributed by atoms with E-state index in [0.29, 0.717) is 5.13 Å². The highest BCUT2D eigenvalue weighted by molar-refractivity contribution is 9.10. The molecule has 0 atom stereocenters. The van der Waals surface area contributed by atoms with Crippen LogP contribution in [0.4, 0.5) is 5.13 Å². The fourth-order valence-corrected chi connectivity index (χ4v) is 3.44. The van der Waals surface area contributed by atoms with E-state index in [2.05, 4.69) is 31.4 Å². The van der Waals surface area contributed by atoms with Gasteiger partial charge in [0.2, 0.25) is 11.0 Å². The summed E-state index contributed by atoms with van der Waals surface area (Å²) in [5.74, 6) is 0.722. The van der Waals surface area contributed by atoms with Crippen molar-refractivity contribution >= 4 is 56.1 Å². The van der Waals surface area contributed by atoms with Crippen LogP contribution in [0.15, 0.2) is 39.2 Å². The number of aromatic nitrogens is 2. The molecular formula is C13H12BrN3OS2. The molecule has 0 saturated carbocycles. The Kier molecular flexibility index (Phi) is 5.75. The first-order valence-corrected chi connectivity index (χ1v) is 8.48. The number of carbonyl (C=O) groups excluding carboxylic acids is 1. The zero-order valence-electron chi connectivity index (χ0n) is 10.7. The van der Waals surface area contributed by atoms with Crippen LogP contribution in [0.3, 0.4) is 0 Å². The molecule has 0 unspecified atom stereocenters. The van der Waals surface area contributed by atoms with Gasteiger partial charge in [-0.05, 0) is 29.5 Å². The third-order valence-corrected chi connectivity index (χ3v) is 4.53. The van der Waals surface area contributed by atoms with Gasteiger partial charge in [-0.2, -0.15) is 0 Å². The number of benzene rings is 1. The molecule has 0 aliphatic heterocycles. The molecule has 0 saturated heterocycles. The van der Waals surface area contributed by atoms with Crippen molar-refractivity contribution in [2.75, 3.05) is 11.1 Å². The molecule has 0 bridgehead atoms. The quantitative estimate of drug-likeness (QED) is 0.490. The number of hydrogen-bond acceptors (Lipinski definition) is 5. The molecule has 0 radical (unpaired) electrons. The van der Waals surface area contributed by atoms with Crippen LogP contribution in [0.2, 0.25) is 0 Å². The van der Waals surface area contributed by atoms with E-state index in [-0.39, 0.29) is 5.91 Å². The van der Waals surface area contributed by atoms with Gasteiger partial charge in [0.05, 0.1) is 0 Å². The molecule has 2 aromatic rings. The van der Waals surface area contributed by atoms with E-state index in [1.807, 2.05) is 31.2 Å². The molecule has 4 nitrogen and oxygen atoms in total. The molecule has 7 heteroatoms. The Bertz CT molecular complexity index is 628. The lowest BCUT2D eigenvalue weighted by atomic mass is 10.2. The van der Waals surface area contributed by atoms with E-state index in [0.717, 1.165) is 20.1 Å². The third-order valence-electron chi connectivity index (χ3n) is 2.18. The number of nitrogens with zero attached hydrogens (tertiary/aromatic N) is 2. The maximum Gasteiger partial charge on any atom is 0.250 e. The van der Waals surface area contributed by atoms with Gasteiger partial charge in [0.1, 0.15) is 0 Å². The van der Waals surface area contributed by atoms with E-state index in [9.17, 15) is 4.79 Å². The summed E-state index contributed by atoms with van der Waals surface area (Å²) < 4.78 is 1.84. The van der Waals surface area contributed by atoms with E-state index in [4.69, 9.17) is 0 Å². The summed E-state index contributed by atoms with van der Waals surface area (Å²) in [5.41, 5.74) is 0.953. The van der Waals surface area contributed by atoms with Gasteiger partial charge in [-0.25, -0.2) is 0 Å². The van der Waals surface area contributed by atoms with Crippen molar-refractivity contribution in [1.29, 1.82) is 0 Å². The van der Waals surface area contributed by atoms with Crippen molar-refractivity contribution in [3.63, 3.8) is 0 Å². The van der Waals surface area contributed by atoms with Crippen LogP contribution in [0.25, 0.3) is 6.08 Å². The van der Waals surface area contributed by atoms with Gasteiger partial charge < -0.3 is 0 Å². The van der Waals surface area contributed by atoms with E-state index in [1.165, 1.54) is 17.4 Å². The predicted molar refractivity (Wildman–Crippen MR) is 88.1 cm³/mol. The Morgan fingerprint density at radius 3 is 3.10 bits per heavy atom. The van der Waals surface area contributed by atoms with Crippen LogP contribution in [0, 0.1) is 0 Å². The van der Waals surface area contributed by atoms with Crippen LogP contribution >= 0.6 is 39.0 Å². The highest BCUT2D eigenvalue weighted by Gasteiger charge is 2.05. The minimum Gasteiger partial charge on any atom is -0.297 e. The van der Waals surface area contributed by atoms with Gasteiger partial charge in [-0.15, -0.1) is 10.2 Å². The lowest BCUT2D eigenvalue weighted by molar-refractivity contribution is -0.111. The molecule has 1 aromatic carbocycles. The number of amides is 1. The standard InChI is InChI=1S/C13H12BrN3OS2/c1-2-19-13-17-16-12(20-13)15-11(18)7-6-9-4-3-5-10(14)8-9/h3-8H,2H2,1H3,(H,15,16,18)/b7-6+. The van der Waals surface area contributed by atoms with Crippen LogP contribution < -0.4 is 5.32 Å². The summed E-state index contributed by atoms with van der Waals surface area (Å²) >= 11 is 6.37. The summed E-state index contributed by atoms with van der Waals surface area (Å²) in [7, 11) is 0. The zero-order chi connectivity index (χ0) is 14.4. The molecule has 2 rings (SSSR count). The topological polar surface area (TPSA) is 54.9 Å². The molecule has 20 heavy (non-hydrogen) atoms. The highest BCUT2D eigenvalue weighted by atomic mass is 79.9. The highest BCUT2D eigenvalue weighted by Crippen LogP contribution is 2.24. The molecule has 0 fully saturated rings. The van der Waals surface area contributed by atoms with Gasteiger partial charge in [-0.3, -0.25) is 10.1 Å². The monoisotopic (exact) mass is 369 g/mol. The Balaban J connectivity index is 1.94. The Morgan fingerprint density at radius 1 is 1.50 bits per heavy atom. The molecule has 1 aromatic heterocycles. The number of carbonyl (C=O) groups is 1. The normalized spacial score (nSPS) is 10.9. The summed E-state index contributed by atoms with van der Waals surface area (Å²) in [6.07, 6.45) is 3.23. The Labute approximate surface area is 133 Å². The number of thioether (sulfide) groups is 1. The smallest absolute Gasteiger partial charge is 0.250 e.